The van der Waals surface area contributed by atoms with Crippen molar-refractivity contribution in [3.63, 3.8) is 0 Å². The lowest BCUT2D eigenvalue weighted by molar-refractivity contribution is -0.189. The molecule has 0 bridgehead atoms. The van der Waals surface area contributed by atoms with Gasteiger partial charge in [0.2, 0.25) is 0 Å². The number of hydrogen-bond donors (Lipinski definition) is 1. The van der Waals surface area contributed by atoms with Gasteiger partial charge in [-0.05, 0) is 97.9 Å². The van der Waals surface area contributed by atoms with Crippen molar-refractivity contribution < 1.29 is 24.0 Å². The van der Waals surface area contributed by atoms with Crippen LogP contribution in [-0.4, -0.2) is 28.3 Å². The zero-order valence-corrected chi connectivity index (χ0v) is 23.1. The maximum absolute atomic E-state index is 14.3. The Morgan fingerprint density at radius 3 is 2.46 bits per heavy atom. The van der Waals surface area contributed by atoms with Crippen molar-refractivity contribution in [3.8, 4) is 0 Å². The van der Waals surface area contributed by atoms with E-state index in [-0.39, 0.29) is 45.2 Å². The summed E-state index contributed by atoms with van der Waals surface area (Å²) in [5, 5.41) is 14.6. The molecule has 200 valence electrons. The molecule has 1 aromatic rings. The van der Waals surface area contributed by atoms with Crippen LogP contribution in [0.3, 0.4) is 0 Å². The number of ketones is 1. The molecule has 1 heterocycles. The summed E-state index contributed by atoms with van der Waals surface area (Å²) in [6, 6.07) is 0. The van der Waals surface area contributed by atoms with Crippen LogP contribution in [0.2, 0.25) is 0 Å². The van der Waals surface area contributed by atoms with Gasteiger partial charge in [0.25, 0.3) is 0 Å². The van der Waals surface area contributed by atoms with Crippen molar-refractivity contribution in [2.45, 2.75) is 98.3 Å². The van der Waals surface area contributed by atoms with Gasteiger partial charge < -0.3 is 14.4 Å². The molecular weight excluding hydrogens is 466 g/mol. The zero-order chi connectivity index (χ0) is 26.8. The molecule has 1 unspecified atom stereocenters. The fourth-order valence-electron chi connectivity index (χ4n) is 10.5. The van der Waals surface area contributed by atoms with E-state index in [1.165, 1.54) is 0 Å². The summed E-state index contributed by atoms with van der Waals surface area (Å²) in [4.78, 5) is 39.8. The number of carboxylic acids is 1. The van der Waals surface area contributed by atoms with Crippen molar-refractivity contribution in [2.24, 2.45) is 44.8 Å². The minimum atomic E-state index is -0.809. The number of nitrogens with zero attached hydrogens (tertiary/aromatic N) is 1. The Kier molecular flexibility index (Phi) is 4.90. The van der Waals surface area contributed by atoms with E-state index in [0.717, 1.165) is 49.5 Å². The number of carboxylic acid groups (broad SMARTS) is 1. The Balaban J connectivity index is 1.52. The molecule has 0 aliphatic heterocycles. The van der Waals surface area contributed by atoms with Crippen LogP contribution < -0.4 is 0 Å². The van der Waals surface area contributed by atoms with E-state index in [0.29, 0.717) is 25.0 Å². The third-order valence-electron chi connectivity index (χ3n) is 12.8. The van der Waals surface area contributed by atoms with E-state index in [1.807, 2.05) is 13.0 Å². The van der Waals surface area contributed by atoms with Crippen LogP contribution in [0.1, 0.15) is 97.8 Å². The summed E-state index contributed by atoms with van der Waals surface area (Å²) in [6.07, 6.45) is 10.8. The molecule has 6 heteroatoms. The maximum Gasteiger partial charge on any atom is 0.309 e. The molecule has 37 heavy (non-hydrogen) atoms. The van der Waals surface area contributed by atoms with E-state index in [2.05, 4.69) is 39.8 Å². The van der Waals surface area contributed by atoms with Gasteiger partial charge in [0.15, 0.2) is 11.5 Å². The molecule has 0 amide bonds. The number of carbonyl (C=O) groups is 3. The first kappa shape index (κ1) is 25.1. The molecular formula is C31H41NO5. The number of rotatable bonds is 2. The highest BCUT2D eigenvalue weighted by Gasteiger charge is 2.71. The summed E-state index contributed by atoms with van der Waals surface area (Å²) in [6.45, 7) is 13.3. The van der Waals surface area contributed by atoms with E-state index in [4.69, 9.17) is 4.52 Å². The van der Waals surface area contributed by atoms with Crippen LogP contribution in [0.5, 0.6) is 0 Å². The third kappa shape index (κ3) is 2.83. The van der Waals surface area contributed by atoms with Gasteiger partial charge in [0.1, 0.15) is 6.29 Å². The van der Waals surface area contributed by atoms with Gasteiger partial charge in [-0.2, -0.15) is 0 Å². The van der Waals surface area contributed by atoms with Crippen LogP contribution in [0, 0.1) is 44.8 Å². The lowest BCUT2D eigenvalue weighted by atomic mass is 9.34. The number of aldehydes is 1. The molecule has 3 saturated carbocycles. The summed E-state index contributed by atoms with van der Waals surface area (Å²) in [5.41, 5.74) is -0.406. The Labute approximate surface area is 219 Å². The molecule has 0 aromatic carbocycles. The van der Waals surface area contributed by atoms with Crippen molar-refractivity contribution >= 4 is 18.0 Å². The molecule has 0 spiro atoms. The number of aromatic nitrogens is 1. The topological polar surface area (TPSA) is 97.5 Å². The molecule has 6 rings (SSSR count). The lowest BCUT2D eigenvalue weighted by Gasteiger charge is -2.69. The second kappa shape index (κ2) is 7.24. The molecule has 1 N–H and O–H groups in total. The second-order valence-electron chi connectivity index (χ2n) is 14.9. The number of hydrogen-bond acceptors (Lipinski definition) is 5. The average molecular weight is 508 g/mol. The fraction of sp³-hybridized carbons (Fsp3) is 0.742. The highest BCUT2D eigenvalue weighted by Crippen LogP contribution is 2.74. The second-order valence-corrected chi connectivity index (χ2v) is 14.9. The first-order valence-electron chi connectivity index (χ1n) is 14.1. The molecule has 6 nitrogen and oxygen atoms in total. The van der Waals surface area contributed by atoms with Crippen molar-refractivity contribution in [1.82, 2.24) is 5.16 Å². The standard InChI is InChI=1S/C31H41NO5/c1-26(2)9-11-31(25(35)36)12-10-30(6)23(19(31)15-26)20(34)13-22-27(3)14-18-16-32-37-24(18)28(4,17-33)21(27)7-8-29(22,30)5/h13,16-17,19,21,23H,7-12,14-15H2,1-6H3,(H,35,36)/t19-,21?,23-,27-,28-,29+,30+,31-/m0/s1. The largest absolute Gasteiger partial charge is 0.481 e. The number of carbonyl (C=O) groups excluding carboxylic acids is 2. The summed E-state index contributed by atoms with van der Waals surface area (Å²) >= 11 is 0. The van der Waals surface area contributed by atoms with Gasteiger partial charge in [-0.1, -0.05) is 45.3 Å². The van der Waals surface area contributed by atoms with Crippen molar-refractivity contribution in [3.05, 3.63) is 29.2 Å². The lowest BCUT2D eigenvalue weighted by Crippen LogP contribution is -2.66. The van der Waals surface area contributed by atoms with Gasteiger partial charge in [-0.15, -0.1) is 0 Å². The van der Waals surface area contributed by atoms with Gasteiger partial charge in [-0.25, -0.2) is 0 Å². The van der Waals surface area contributed by atoms with Crippen molar-refractivity contribution in [2.75, 3.05) is 0 Å². The molecule has 1 aromatic heterocycles. The molecule has 0 saturated heterocycles. The third-order valence-corrected chi connectivity index (χ3v) is 12.8. The monoisotopic (exact) mass is 507 g/mol. The Morgan fingerprint density at radius 2 is 1.78 bits per heavy atom. The van der Waals surface area contributed by atoms with Crippen LogP contribution in [0.4, 0.5) is 0 Å². The molecule has 3 fully saturated rings. The van der Waals surface area contributed by atoms with Gasteiger partial charge in [0, 0.05) is 11.5 Å². The van der Waals surface area contributed by atoms with E-state index >= 15 is 0 Å². The summed E-state index contributed by atoms with van der Waals surface area (Å²) in [7, 11) is 0. The van der Waals surface area contributed by atoms with Crippen LogP contribution >= 0.6 is 0 Å². The Morgan fingerprint density at radius 1 is 1.08 bits per heavy atom. The van der Waals surface area contributed by atoms with E-state index in [1.54, 1.807) is 6.20 Å². The highest BCUT2D eigenvalue weighted by molar-refractivity contribution is 5.96. The zero-order valence-electron chi connectivity index (χ0n) is 23.1. The maximum atomic E-state index is 14.3. The van der Waals surface area contributed by atoms with Crippen LogP contribution in [-0.2, 0) is 26.2 Å². The number of fused-ring (bicyclic) bond motifs is 8. The van der Waals surface area contributed by atoms with Gasteiger partial charge in [0.05, 0.1) is 17.0 Å². The predicted molar refractivity (Wildman–Crippen MR) is 138 cm³/mol. The first-order chi connectivity index (χ1) is 17.2. The van der Waals surface area contributed by atoms with Gasteiger partial charge >= 0.3 is 5.97 Å². The fourth-order valence-corrected chi connectivity index (χ4v) is 10.5. The molecule has 0 radical (unpaired) electrons. The quantitative estimate of drug-likeness (QED) is 0.498. The van der Waals surface area contributed by atoms with Crippen LogP contribution in [0.25, 0.3) is 0 Å². The van der Waals surface area contributed by atoms with Gasteiger partial charge in [-0.3, -0.25) is 9.59 Å². The first-order valence-corrected chi connectivity index (χ1v) is 14.1. The highest BCUT2D eigenvalue weighted by atomic mass is 16.5. The molecule has 5 aliphatic rings. The predicted octanol–water partition coefficient (Wildman–Crippen LogP) is 5.93. The van der Waals surface area contributed by atoms with E-state index < -0.39 is 16.8 Å². The summed E-state index contributed by atoms with van der Waals surface area (Å²) in [5.74, 6) is -0.370. The minimum Gasteiger partial charge on any atom is -0.481 e. The molecule has 5 aliphatic carbocycles. The number of allylic oxidation sites excluding steroid dienone is 2. The SMILES string of the molecule is CC1(C)CC[C@]2(C(=O)O)CC[C@]3(C)[C@H](C(=O)C=C4[C@@]5(C)Cc6cnoc6[C@@](C)(C=O)C5CC[C@]43C)[C@@H]2C1. The Bertz CT molecular complexity index is 1240. The summed E-state index contributed by atoms with van der Waals surface area (Å²) < 4.78 is 5.63. The Hall–Kier alpha value is -2.24. The average Bonchev–Trinajstić information content (AvgIpc) is 3.28. The van der Waals surface area contributed by atoms with E-state index in [9.17, 15) is 19.5 Å². The molecule has 8 atom stereocenters. The van der Waals surface area contributed by atoms with Crippen LogP contribution in [0.15, 0.2) is 22.4 Å². The van der Waals surface area contributed by atoms with Crippen molar-refractivity contribution in [1.29, 1.82) is 0 Å². The minimum absolute atomic E-state index is 0.0144. The smallest absolute Gasteiger partial charge is 0.309 e. The normalized spacial score (nSPS) is 47.9. The number of aliphatic carboxylic acids is 1.